The number of nitrogens with zero attached hydrogens (tertiary/aromatic N) is 3. The first-order valence-electron chi connectivity index (χ1n) is 9.66. The zero-order valence-corrected chi connectivity index (χ0v) is 17.2. The number of ether oxygens (including phenoxy) is 1. The van der Waals surface area contributed by atoms with Crippen molar-refractivity contribution in [3.63, 3.8) is 0 Å². The van der Waals surface area contributed by atoms with Gasteiger partial charge in [0.2, 0.25) is 0 Å². The highest BCUT2D eigenvalue weighted by molar-refractivity contribution is 5.80. The molecule has 0 fully saturated rings. The molecule has 0 aliphatic carbocycles. The van der Waals surface area contributed by atoms with Crippen LogP contribution in [0.3, 0.4) is 0 Å². The summed E-state index contributed by atoms with van der Waals surface area (Å²) < 4.78 is 24.5. The van der Waals surface area contributed by atoms with Gasteiger partial charge < -0.3 is 14.1 Å². The van der Waals surface area contributed by atoms with E-state index in [4.69, 9.17) is 9.15 Å². The van der Waals surface area contributed by atoms with Gasteiger partial charge in [0.1, 0.15) is 5.82 Å². The van der Waals surface area contributed by atoms with E-state index >= 15 is 0 Å². The number of benzene rings is 2. The van der Waals surface area contributed by atoms with Crippen molar-refractivity contribution in [2.75, 3.05) is 13.7 Å². The van der Waals surface area contributed by atoms with Crippen LogP contribution in [-0.4, -0.2) is 39.9 Å². The lowest BCUT2D eigenvalue weighted by Crippen LogP contribution is -2.30. The minimum absolute atomic E-state index is 0.0486. The number of carbonyl (C=O) groups excluding carboxylic acids is 2. The molecule has 1 amide bonds. The number of oxazole rings is 1. The van der Waals surface area contributed by atoms with Gasteiger partial charge in [-0.2, -0.15) is 0 Å². The van der Waals surface area contributed by atoms with Crippen molar-refractivity contribution in [1.29, 1.82) is 0 Å². The van der Waals surface area contributed by atoms with Crippen LogP contribution in [0.1, 0.15) is 18.4 Å². The topological polar surface area (TPSA) is 125 Å². The summed E-state index contributed by atoms with van der Waals surface area (Å²) in [6, 6.07) is 9.66. The van der Waals surface area contributed by atoms with Gasteiger partial charge in [0.15, 0.2) is 12.2 Å². The molecule has 1 heterocycles. The Morgan fingerprint density at radius 1 is 1.25 bits per heavy atom. The number of nitro groups is 1. The zero-order valence-electron chi connectivity index (χ0n) is 17.2. The molecule has 0 saturated heterocycles. The number of halogens is 1. The van der Waals surface area contributed by atoms with Gasteiger partial charge in [-0.05, 0) is 30.2 Å². The Hall–Kier alpha value is -4.02. The van der Waals surface area contributed by atoms with E-state index in [1.165, 1.54) is 40.8 Å². The first-order chi connectivity index (χ1) is 15.2. The van der Waals surface area contributed by atoms with Crippen molar-refractivity contribution in [3.05, 3.63) is 74.5 Å². The van der Waals surface area contributed by atoms with E-state index < -0.39 is 35.0 Å². The normalized spacial score (nSPS) is 10.8. The number of hydrogen-bond acceptors (Lipinski definition) is 7. The number of rotatable bonds is 9. The molecule has 32 heavy (non-hydrogen) atoms. The van der Waals surface area contributed by atoms with E-state index in [1.807, 2.05) is 0 Å². The van der Waals surface area contributed by atoms with Crippen molar-refractivity contribution in [2.24, 2.45) is 0 Å². The molecule has 3 rings (SSSR count). The summed E-state index contributed by atoms with van der Waals surface area (Å²) >= 11 is 0. The molecule has 0 N–H and O–H groups in total. The minimum Gasteiger partial charge on any atom is -0.456 e. The number of amides is 1. The number of non-ortho nitro benzene ring substituents is 1. The van der Waals surface area contributed by atoms with E-state index in [9.17, 15) is 28.9 Å². The third kappa shape index (κ3) is 5.56. The Labute approximate surface area is 180 Å². The fourth-order valence-corrected chi connectivity index (χ4v) is 3.08. The molecule has 10 nitrogen and oxygen atoms in total. The Kier molecular flexibility index (Phi) is 6.98. The lowest BCUT2D eigenvalue weighted by Gasteiger charge is -2.17. The molecule has 0 atom stereocenters. The summed E-state index contributed by atoms with van der Waals surface area (Å²) in [4.78, 5) is 47.6. The molecule has 0 spiro atoms. The molecule has 0 aliphatic rings. The van der Waals surface area contributed by atoms with Gasteiger partial charge in [-0.3, -0.25) is 24.3 Å². The minimum atomic E-state index is -0.692. The Bertz CT molecular complexity index is 1220. The van der Waals surface area contributed by atoms with Gasteiger partial charge in [0, 0.05) is 32.6 Å². The predicted octanol–water partition coefficient (Wildman–Crippen LogP) is 2.62. The Morgan fingerprint density at radius 3 is 2.75 bits per heavy atom. The van der Waals surface area contributed by atoms with Gasteiger partial charge in [-0.25, -0.2) is 9.18 Å². The average Bonchev–Trinajstić information content (AvgIpc) is 3.06. The largest absolute Gasteiger partial charge is 0.456 e. The SMILES string of the molecule is CN(Cc1cccc(F)c1)C(=O)COC(=O)CCCn1c(=O)oc2cc([N+](=O)[O-])ccc21. The number of likely N-dealkylation sites (N-methyl/N-ethyl adjacent to an activating group) is 1. The first kappa shape index (κ1) is 22.7. The van der Waals surface area contributed by atoms with Crippen LogP contribution >= 0.6 is 0 Å². The van der Waals surface area contributed by atoms with Crippen molar-refractivity contribution in [3.8, 4) is 0 Å². The smallest absolute Gasteiger partial charge is 0.419 e. The molecule has 0 unspecified atom stereocenters. The zero-order chi connectivity index (χ0) is 23.3. The highest BCUT2D eigenvalue weighted by Gasteiger charge is 2.16. The van der Waals surface area contributed by atoms with Gasteiger partial charge in [0.05, 0.1) is 16.5 Å². The summed E-state index contributed by atoms with van der Waals surface area (Å²) in [6.45, 7) is -0.155. The Morgan fingerprint density at radius 2 is 2.03 bits per heavy atom. The van der Waals surface area contributed by atoms with Crippen LogP contribution in [0.2, 0.25) is 0 Å². The van der Waals surface area contributed by atoms with Gasteiger partial charge in [0.25, 0.3) is 11.6 Å². The van der Waals surface area contributed by atoms with Gasteiger partial charge in [-0.1, -0.05) is 12.1 Å². The maximum atomic E-state index is 13.2. The van der Waals surface area contributed by atoms with Gasteiger partial charge >= 0.3 is 11.7 Å². The predicted molar refractivity (Wildman–Crippen MR) is 110 cm³/mol. The van der Waals surface area contributed by atoms with Crippen molar-refractivity contribution < 1.29 is 28.1 Å². The molecule has 0 bridgehead atoms. The molecule has 11 heteroatoms. The quantitative estimate of drug-likeness (QED) is 0.282. The molecule has 0 saturated carbocycles. The van der Waals surface area contributed by atoms with Crippen LogP contribution in [0, 0.1) is 15.9 Å². The fraction of sp³-hybridized carbons (Fsp3) is 0.286. The molecular weight excluding hydrogens is 425 g/mol. The lowest BCUT2D eigenvalue weighted by molar-refractivity contribution is -0.384. The highest BCUT2D eigenvalue weighted by atomic mass is 19.1. The van der Waals surface area contributed by atoms with Crippen molar-refractivity contribution >= 4 is 28.7 Å². The molecule has 0 radical (unpaired) electrons. The van der Waals surface area contributed by atoms with E-state index in [0.717, 1.165) is 6.07 Å². The third-order valence-corrected chi connectivity index (χ3v) is 4.72. The van der Waals surface area contributed by atoms with Gasteiger partial charge in [-0.15, -0.1) is 0 Å². The van der Waals surface area contributed by atoms with E-state index in [0.29, 0.717) is 11.1 Å². The highest BCUT2D eigenvalue weighted by Crippen LogP contribution is 2.20. The molecule has 168 valence electrons. The average molecular weight is 445 g/mol. The second-order valence-corrected chi connectivity index (χ2v) is 7.07. The number of nitro benzene ring substituents is 1. The maximum absolute atomic E-state index is 13.2. The van der Waals surface area contributed by atoms with Crippen LogP contribution in [0.25, 0.3) is 11.1 Å². The second kappa shape index (κ2) is 9.86. The number of aryl methyl sites for hydroxylation is 1. The van der Waals surface area contributed by atoms with E-state index in [1.54, 1.807) is 12.1 Å². The number of esters is 1. The Balaban J connectivity index is 1.47. The van der Waals surface area contributed by atoms with Crippen LogP contribution in [-0.2, 0) is 27.4 Å². The molecule has 3 aromatic rings. The third-order valence-electron chi connectivity index (χ3n) is 4.72. The van der Waals surface area contributed by atoms with Crippen LogP contribution in [0.4, 0.5) is 10.1 Å². The van der Waals surface area contributed by atoms with Crippen molar-refractivity contribution in [2.45, 2.75) is 25.9 Å². The van der Waals surface area contributed by atoms with Crippen LogP contribution in [0.5, 0.6) is 0 Å². The monoisotopic (exact) mass is 445 g/mol. The molecule has 1 aromatic heterocycles. The van der Waals surface area contributed by atoms with E-state index in [-0.39, 0.29) is 37.2 Å². The number of hydrogen-bond donors (Lipinski definition) is 0. The van der Waals surface area contributed by atoms with Crippen molar-refractivity contribution in [1.82, 2.24) is 9.47 Å². The standard InChI is InChI=1S/C21H20FN3O7/c1-23(12-14-4-2-5-15(22)10-14)19(26)13-31-20(27)6-3-9-24-17-8-7-16(25(29)30)11-18(17)32-21(24)28/h2,4-5,7-8,10-11H,3,6,9,12-13H2,1H3. The van der Waals surface area contributed by atoms with E-state index in [2.05, 4.69) is 0 Å². The summed E-state index contributed by atoms with van der Waals surface area (Å²) in [5.74, 6) is -2.16. The summed E-state index contributed by atoms with van der Waals surface area (Å²) in [7, 11) is 1.52. The number of fused-ring (bicyclic) bond motifs is 1. The fourth-order valence-electron chi connectivity index (χ4n) is 3.08. The molecule has 2 aromatic carbocycles. The van der Waals surface area contributed by atoms with Crippen LogP contribution < -0.4 is 5.76 Å². The first-order valence-corrected chi connectivity index (χ1v) is 9.66. The number of aromatic nitrogens is 1. The lowest BCUT2D eigenvalue weighted by atomic mass is 10.2. The summed E-state index contributed by atoms with van der Waals surface area (Å²) in [5, 5.41) is 10.8. The second-order valence-electron chi connectivity index (χ2n) is 7.07. The maximum Gasteiger partial charge on any atom is 0.419 e. The summed E-state index contributed by atoms with van der Waals surface area (Å²) in [6.07, 6.45) is 0.185. The molecule has 0 aliphatic heterocycles. The molecular formula is C21H20FN3O7. The summed E-state index contributed by atoms with van der Waals surface area (Å²) in [5.41, 5.74) is 0.867. The van der Waals surface area contributed by atoms with Crippen LogP contribution in [0.15, 0.2) is 51.7 Å². The number of carbonyl (C=O) groups is 2.